The highest BCUT2D eigenvalue weighted by molar-refractivity contribution is 7.99. The first-order chi connectivity index (χ1) is 8.31. The van der Waals surface area contributed by atoms with Crippen LogP contribution in [0.4, 0.5) is 0 Å². The smallest absolute Gasteiger partial charge is 0.236 e. The van der Waals surface area contributed by atoms with Gasteiger partial charge in [-0.05, 0) is 31.9 Å². The molecule has 2 rings (SSSR count). The monoisotopic (exact) mass is 256 g/mol. The first kappa shape index (κ1) is 13.2. The molecule has 98 valence electrons. The SMILES string of the molecule is CSC1CCCCC1NCC(=O)N1CCCC1. The van der Waals surface area contributed by atoms with Gasteiger partial charge >= 0.3 is 0 Å². The number of amides is 1. The maximum atomic E-state index is 11.9. The molecule has 0 aromatic carbocycles. The number of thioether (sulfide) groups is 1. The van der Waals surface area contributed by atoms with Crippen LogP contribution in [0.15, 0.2) is 0 Å². The van der Waals surface area contributed by atoms with Crippen molar-refractivity contribution in [3.8, 4) is 0 Å². The van der Waals surface area contributed by atoms with Crippen LogP contribution >= 0.6 is 11.8 Å². The zero-order valence-electron chi connectivity index (χ0n) is 10.8. The molecule has 1 aliphatic carbocycles. The Morgan fingerprint density at radius 3 is 2.65 bits per heavy atom. The third-order valence-electron chi connectivity index (χ3n) is 3.98. The predicted octanol–water partition coefficient (Wildman–Crippen LogP) is 1.87. The van der Waals surface area contributed by atoms with Crippen molar-refractivity contribution in [3.63, 3.8) is 0 Å². The lowest BCUT2D eigenvalue weighted by Crippen LogP contribution is -2.45. The third kappa shape index (κ3) is 3.62. The van der Waals surface area contributed by atoms with Crippen LogP contribution in [0.5, 0.6) is 0 Å². The highest BCUT2D eigenvalue weighted by Crippen LogP contribution is 2.27. The van der Waals surface area contributed by atoms with Gasteiger partial charge in [0.2, 0.25) is 5.91 Å². The Balaban J connectivity index is 1.74. The average molecular weight is 256 g/mol. The molecule has 2 unspecified atom stereocenters. The Morgan fingerprint density at radius 2 is 1.94 bits per heavy atom. The van der Waals surface area contributed by atoms with Crippen molar-refractivity contribution in [1.29, 1.82) is 0 Å². The number of rotatable bonds is 4. The van der Waals surface area contributed by atoms with Crippen molar-refractivity contribution in [2.45, 2.75) is 49.8 Å². The zero-order chi connectivity index (χ0) is 12.1. The molecular formula is C13H24N2OS. The normalized spacial score (nSPS) is 29.6. The fourth-order valence-electron chi connectivity index (χ4n) is 2.91. The molecule has 2 atom stereocenters. The maximum Gasteiger partial charge on any atom is 0.236 e. The van der Waals surface area contributed by atoms with Gasteiger partial charge in [0.15, 0.2) is 0 Å². The number of carbonyl (C=O) groups excluding carboxylic acids is 1. The van der Waals surface area contributed by atoms with E-state index < -0.39 is 0 Å². The van der Waals surface area contributed by atoms with E-state index in [0.29, 0.717) is 23.7 Å². The van der Waals surface area contributed by atoms with E-state index in [0.717, 1.165) is 13.1 Å². The predicted molar refractivity (Wildman–Crippen MR) is 73.4 cm³/mol. The average Bonchev–Trinajstić information content (AvgIpc) is 2.90. The molecule has 0 radical (unpaired) electrons. The molecule has 1 N–H and O–H groups in total. The van der Waals surface area contributed by atoms with Gasteiger partial charge in [-0.1, -0.05) is 12.8 Å². The van der Waals surface area contributed by atoms with Crippen molar-refractivity contribution in [2.75, 3.05) is 25.9 Å². The topological polar surface area (TPSA) is 32.3 Å². The summed E-state index contributed by atoms with van der Waals surface area (Å²) in [4.78, 5) is 13.9. The Hall–Kier alpha value is -0.220. The van der Waals surface area contributed by atoms with Gasteiger partial charge in [0.25, 0.3) is 0 Å². The van der Waals surface area contributed by atoms with Crippen molar-refractivity contribution in [3.05, 3.63) is 0 Å². The van der Waals surface area contributed by atoms with E-state index in [2.05, 4.69) is 11.6 Å². The second-order valence-corrected chi connectivity index (χ2v) is 6.21. The third-order valence-corrected chi connectivity index (χ3v) is 5.15. The summed E-state index contributed by atoms with van der Waals surface area (Å²) < 4.78 is 0. The van der Waals surface area contributed by atoms with Crippen LogP contribution in [0.3, 0.4) is 0 Å². The van der Waals surface area contributed by atoms with Crippen LogP contribution in [0.25, 0.3) is 0 Å². The largest absolute Gasteiger partial charge is 0.342 e. The fraction of sp³-hybridized carbons (Fsp3) is 0.923. The summed E-state index contributed by atoms with van der Waals surface area (Å²) in [7, 11) is 0. The van der Waals surface area contributed by atoms with Gasteiger partial charge in [0, 0.05) is 24.4 Å². The van der Waals surface area contributed by atoms with Gasteiger partial charge in [-0.3, -0.25) is 4.79 Å². The molecule has 1 saturated carbocycles. The molecule has 0 bridgehead atoms. The minimum Gasteiger partial charge on any atom is -0.342 e. The van der Waals surface area contributed by atoms with Crippen molar-refractivity contribution in [2.24, 2.45) is 0 Å². The quantitative estimate of drug-likeness (QED) is 0.833. The zero-order valence-corrected chi connectivity index (χ0v) is 11.6. The van der Waals surface area contributed by atoms with Gasteiger partial charge in [0.1, 0.15) is 0 Å². The molecule has 0 aromatic heterocycles. The lowest BCUT2D eigenvalue weighted by atomic mass is 9.95. The van der Waals surface area contributed by atoms with Gasteiger partial charge in [-0.2, -0.15) is 11.8 Å². The Bertz CT molecular complexity index is 254. The first-order valence-electron chi connectivity index (χ1n) is 6.85. The molecule has 1 aliphatic heterocycles. The molecule has 3 nitrogen and oxygen atoms in total. The molecule has 1 saturated heterocycles. The van der Waals surface area contributed by atoms with E-state index in [1.54, 1.807) is 0 Å². The van der Waals surface area contributed by atoms with Crippen LogP contribution in [0.1, 0.15) is 38.5 Å². The second-order valence-electron chi connectivity index (χ2n) is 5.13. The van der Waals surface area contributed by atoms with E-state index >= 15 is 0 Å². The molecule has 0 aromatic rings. The van der Waals surface area contributed by atoms with Crippen LogP contribution in [-0.4, -0.2) is 48.0 Å². The van der Waals surface area contributed by atoms with E-state index in [-0.39, 0.29) is 0 Å². The molecular weight excluding hydrogens is 232 g/mol. The summed E-state index contributed by atoms with van der Waals surface area (Å²) >= 11 is 1.95. The van der Waals surface area contributed by atoms with Gasteiger partial charge in [-0.15, -0.1) is 0 Å². The highest BCUT2D eigenvalue weighted by atomic mass is 32.2. The number of likely N-dealkylation sites (tertiary alicyclic amines) is 1. The van der Waals surface area contributed by atoms with Crippen LogP contribution in [0, 0.1) is 0 Å². The maximum absolute atomic E-state index is 11.9. The number of carbonyl (C=O) groups is 1. The minimum atomic E-state index is 0.299. The van der Waals surface area contributed by atoms with Gasteiger partial charge in [-0.25, -0.2) is 0 Å². The lowest BCUT2D eigenvalue weighted by Gasteiger charge is -2.31. The molecule has 17 heavy (non-hydrogen) atoms. The number of hydrogen-bond acceptors (Lipinski definition) is 3. The number of nitrogens with one attached hydrogen (secondary N) is 1. The molecule has 2 fully saturated rings. The van der Waals surface area contributed by atoms with Gasteiger partial charge < -0.3 is 10.2 Å². The minimum absolute atomic E-state index is 0.299. The Kier molecular flexibility index (Phi) is 5.16. The van der Waals surface area contributed by atoms with Crippen molar-refractivity contribution < 1.29 is 4.79 Å². The van der Waals surface area contributed by atoms with E-state index in [9.17, 15) is 4.79 Å². The first-order valence-corrected chi connectivity index (χ1v) is 8.14. The number of hydrogen-bond donors (Lipinski definition) is 1. The Morgan fingerprint density at radius 1 is 1.24 bits per heavy atom. The summed E-state index contributed by atoms with van der Waals surface area (Å²) in [5.74, 6) is 0.299. The summed E-state index contributed by atoms with van der Waals surface area (Å²) in [5, 5.41) is 4.19. The van der Waals surface area contributed by atoms with Gasteiger partial charge in [0.05, 0.1) is 6.54 Å². The Labute approximate surface area is 109 Å². The van der Waals surface area contributed by atoms with E-state index in [4.69, 9.17) is 0 Å². The molecule has 0 spiro atoms. The van der Waals surface area contributed by atoms with Crippen molar-refractivity contribution >= 4 is 17.7 Å². The highest BCUT2D eigenvalue weighted by Gasteiger charge is 2.25. The van der Waals surface area contributed by atoms with Crippen molar-refractivity contribution in [1.82, 2.24) is 10.2 Å². The molecule has 1 amide bonds. The van der Waals surface area contributed by atoms with E-state index in [1.165, 1.54) is 38.5 Å². The molecule has 1 heterocycles. The summed E-state index contributed by atoms with van der Waals surface area (Å²) in [6.45, 7) is 2.48. The standard InChI is InChI=1S/C13H24N2OS/c1-17-12-7-3-2-6-11(12)14-10-13(16)15-8-4-5-9-15/h11-12,14H,2-10H2,1H3. The lowest BCUT2D eigenvalue weighted by molar-refractivity contribution is -0.129. The molecule has 2 aliphatic rings. The van der Waals surface area contributed by atoms with E-state index in [1.807, 2.05) is 16.7 Å². The van der Waals surface area contributed by atoms with Crippen LogP contribution in [-0.2, 0) is 4.79 Å². The molecule has 4 heteroatoms. The summed E-state index contributed by atoms with van der Waals surface area (Å²) in [6.07, 6.45) is 9.75. The van der Waals surface area contributed by atoms with Crippen LogP contribution < -0.4 is 5.32 Å². The summed E-state index contributed by atoms with van der Waals surface area (Å²) in [6, 6.07) is 0.547. The fourth-order valence-corrected chi connectivity index (χ4v) is 3.87. The second kappa shape index (κ2) is 6.64. The van der Waals surface area contributed by atoms with Crippen LogP contribution in [0.2, 0.25) is 0 Å². The summed E-state index contributed by atoms with van der Waals surface area (Å²) in [5.41, 5.74) is 0. The number of nitrogens with zero attached hydrogens (tertiary/aromatic N) is 1.